The van der Waals surface area contributed by atoms with Crippen LogP contribution in [-0.2, 0) is 0 Å². The zero-order valence-corrected chi connectivity index (χ0v) is 16.2. The third-order valence-electron chi connectivity index (χ3n) is 4.54. The first kappa shape index (κ1) is 18.1. The number of carbonyl (C=O) groups excluding carboxylic acids is 1. The van der Waals surface area contributed by atoms with Gasteiger partial charge in [-0.05, 0) is 48.9 Å². The molecule has 1 amide bonds. The molecule has 0 aliphatic carbocycles. The highest BCUT2D eigenvalue weighted by atomic mass is 35.5. The summed E-state index contributed by atoms with van der Waals surface area (Å²) in [6.45, 7) is 2.02. The summed E-state index contributed by atoms with van der Waals surface area (Å²) in [5.41, 5.74) is 4.63. The van der Waals surface area contributed by atoms with Gasteiger partial charge in [-0.2, -0.15) is 0 Å². The maximum Gasteiger partial charge on any atom is 0.257 e. The highest BCUT2D eigenvalue weighted by Crippen LogP contribution is 2.31. The molecular formula is C22H18ClN3O2. The summed E-state index contributed by atoms with van der Waals surface area (Å²) in [6, 6.07) is 16.5. The van der Waals surface area contributed by atoms with Crippen LogP contribution in [0.3, 0.4) is 0 Å². The van der Waals surface area contributed by atoms with Crippen molar-refractivity contribution in [3.8, 4) is 17.0 Å². The number of rotatable bonds is 4. The quantitative estimate of drug-likeness (QED) is 0.518. The molecule has 2 aromatic carbocycles. The maximum atomic E-state index is 12.7. The number of methoxy groups -OCH3 is 1. The first-order valence-electron chi connectivity index (χ1n) is 8.75. The van der Waals surface area contributed by atoms with Gasteiger partial charge < -0.3 is 14.5 Å². The van der Waals surface area contributed by atoms with Gasteiger partial charge in [-0.25, -0.2) is 4.98 Å². The van der Waals surface area contributed by atoms with Crippen molar-refractivity contribution in [2.75, 3.05) is 12.4 Å². The summed E-state index contributed by atoms with van der Waals surface area (Å²) < 4.78 is 7.39. The van der Waals surface area contributed by atoms with Crippen molar-refractivity contribution in [1.82, 2.24) is 9.38 Å². The summed E-state index contributed by atoms with van der Waals surface area (Å²) in [4.78, 5) is 17.4. The van der Waals surface area contributed by atoms with Gasteiger partial charge in [-0.1, -0.05) is 29.8 Å². The van der Waals surface area contributed by atoms with Crippen LogP contribution >= 0.6 is 11.6 Å². The fourth-order valence-electron chi connectivity index (χ4n) is 3.09. The van der Waals surface area contributed by atoms with Crippen molar-refractivity contribution in [3.63, 3.8) is 0 Å². The lowest BCUT2D eigenvalue weighted by molar-refractivity contribution is 0.102. The van der Waals surface area contributed by atoms with E-state index in [1.165, 1.54) is 0 Å². The van der Waals surface area contributed by atoms with Gasteiger partial charge in [0.1, 0.15) is 11.4 Å². The zero-order chi connectivity index (χ0) is 19.7. The lowest BCUT2D eigenvalue weighted by atomic mass is 10.1. The highest BCUT2D eigenvalue weighted by molar-refractivity contribution is 6.34. The van der Waals surface area contributed by atoms with Crippen LogP contribution in [0.2, 0.25) is 5.02 Å². The molecule has 0 radical (unpaired) electrons. The summed E-state index contributed by atoms with van der Waals surface area (Å²) in [5, 5.41) is 3.29. The number of hydrogen-bond acceptors (Lipinski definition) is 3. The summed E-state index contributed by atoms with van der Waals surface area (Å²) in [7, 11) is 1.56. The molecule has 2 aromatic heterocycles. The third kappa shape index (κ3) is 3.32. The largest absolute Gasteiger partial charge is 0.495 e. The van der Waals surface area contributed by atoms with Crippen LogP contribution in [0.1, 0.15) is 15.9 Å². The molecule has 0 fully saturated rings. The van der Waals surface area contributed by atoms with E-state index in [4.69, 9.17) is 21.3 Å². The van der Waals surface area contributed by atoms with Gasteiger partial charge in [0, 0.05) is 18.0 Å². The Morgan fingerprint density at radius 2 is 1.96 bits per heavy atom. The number of nitrogens with zero attached hydrogens (tertiary/aromatic N) is 2. The second-order valence-electron chi connectivity index (χ2n) is 6.40. The fourth-order valence-corrected chi connectivity index (χ4v) is 3.31. The van der Waals surface area contributed by atoms with Crippen LogP contribution in [-0.4, -0.2) is 22.4 Å². The Hall–Kier alpha value is -3.31. The molecule has 28 heavy (non-hydrogen) atoms. The number of ether oxygens (including phenoxy) is 1. The van der Waals surface area contributed by atoms with Crippen molar-refractivity contribution in [1.29, 1.82) is 0 Å². The van der Waals surface area contributed by atoms with E-state index in [-0.39, 0.29) is 5.91 Å². The second-order valence-corrected chi connectivity index (χ2v) is 6.80. The average molecular weight is 392 g/mol. The van der Waals surface area contributed by atoms with E-state index in [1.54, 1.807) is 31.4 Å². The van der Waals surface area contributed by atoms with Crippen molar-refractivity contribution >= 4 is 28.8 Å². The van der Waals surface area contributed by atoms with Gasteiger partial charge in [0.25, 0.3) is 5.91 Å². The summed E-state index contributed by atoms with van der Waals surface area (Å²) in [6.07, 6.45) is 3.92. The molecule has 0 spiro atoms. The van der Waals surface area contributed by atoms with Crippen LogP contribution in [0.5, 0.6) is 5.75 Å². The predicted octanol–water partition coefficient (Wildman–Crippen LogP) is 5.22. The lowest BCUT2D eigenvalue weighted by Crippen LogP contribution is -2.13. The number of anilines is 1. The molecule has 0 bridgehead atoms. The van der Waals surface area contributed by atoms with Crippen LogP contribution in [0, 0.1) is 6.92 Å². The number of imidazole rings is 1. The minimum atomic E-state index is -0.299. The zero-order valence-electron chi connectivity index (χ0n) is 15.4. The molecule has 2 heterocycles. The van der Waals surface area contributed by atoms with E-state index < -0.39 is 0 Å². The van der Waals surface area contributed by atoms with Gasteiger partial charge in [0.15, 0.2) is 0 Å². The lowest BCUT2D eigenvalue weighted by Gasteiger charge is -2.12. The molecule has 0 aliphatic heterocycles. The minimum Gasteiger partial charge on any atom is -0.495 e. The number of fused-ring (bicyclic) bond motifs is 1. The van der Waals surface area contributed by atoms with Crippen LogP contribution in [0.25, 0.3) is 16.9 Å². The smallest absolute Gasteiger partial charge is 0.257 e. The van der Waals surface area contributed by atoms with E-state index >= 15 is 0 Å². The molecule has 4 aromatic rings. The van der Waals surface area contributed by atoms with Crippen LogP contribution < -0.4 is 10.1 Å². The fraction of sp³-hybridized carbons (Fsp3) is 0.0909. The molecule has 4 rings (SSSR count). The molecule has 0 saturated heterocycles. The summed E-state index contributed by atoms with van der Waals surface area (Å²) in [5.74, 6) is 0.260. The Labute approximate surface area is 167 Å². The number of carbonyl (C=O) groups is 1. The number of halogens is 1. The molecule has 0 atom stereocenters. The van der Waals surface area contributed by atoms with Crippen molar-refractivity contribution in [3.05, 3.63) is 83.1 Å². The van der Waals surface area contributed by atoms with E-state index in [2.05, 4.69) is 5.32 Å². The van der Waals surface area contributed by atoms with Crippen molar-refractivity contribution in [2.45, 2.75) is 6.92 Å². The average Bonchev–Trinajstić information content (AvgIpc) is 3.14. The molecule has 6 heteroatoms. The number of hydrogen-bond donors (Lipinski definition) is 1. The normalized spacial score (nSPS) is 10.8. The van der Waals surface area contributed by atoms with E-state index in [9.17, 15) is 4.79 Å². The van der Waals surface area contributed by atoms with E-state index in [1.807, 2.05) is 54.0 Å². The SMILES string of the molecule is COc1ccc(-c2cn3cccc(C)c3n2)cc1NC(=O)c1ccccc1Cl. The third-order valence-corrected chi connectivity index (χ3v) is 4.87. The number of nitrogens with one attached hydrogen (secondary N) is 1. The number of amides is 1. The molecule has 0 aliphatic rings. The summed E-state index contributed by atoms with van der Waals surface area (Å²) >= 11 is 6.14. The number of pyridine rings is 1. The number of aryl methyl sites for hydroxylation is 1. The molecule has 5 nitrogen and oxygen atoms in total. The predicted molar refractivity (Wildman–Crippen MR) is 111 cm³/mol. The van der Waals surface area contributed by atoms with Gasteiger partial charge in [-0.3, -0.25) is 4.79 Å². The molecule has 1 N–H and O–H groups in total. The monoisotopic (exact) mass is 391 g/mol. The van der Waals surface area contributed by atoms with Crippen LogP contribution in [0.4, 0.5) is 5.69 Å². The van der Waals surface area contributed by atoms with E-state index in [0.29, 0.717) is 22.0 Å². The first-order valence-corrected chi connectivity index (χ1v) is 9.13. The van der Waals surface area contributed by atoms with Gasteiger partial charge >= 0.3 is 0 Å². The Balaban J connectivity index is 1.72. The van der Waals surface area contributed by atoms with E-state index in [0.717, 1.165) is 22.5 Å². The van der Waals surface area contributed by atoms with Gasteiger partial charge in [-0.15, -0.1) is 0 Å². The molecular weight excluding hydrogens is 374 g/mol. The first-order chi connectivity index (χ1) is 13.6. The molecule has 140 valence electrons. The second kappa shape index (κ2) is 7.37. The highest BCUT2D eigenvalue weighted by Gasteiger charge is 2.15. The minimum absolute atomic E-state index is 0.299. The molecule has 0 saturated carbocycles. The van der Waals surface area contributed by atoms with Gasteiger partial charge in [0.05, 0.1) is 29.1 Å². The Bertz CT molecular complexity index is 1180. The van der Waals surface area contributed by atoms with Crippen LogP contribution in [0.15, 0.2) is 67.0 Å². The Morgan fingerprint density at radius 3 is 2.71 bits per heavy atom. The Kier molecular flexibility index (Phi) is 4.75. The Morgan fingerprint density at radius 1 is 1.14 bits per heavy atom. The van der Waals surface area contributed by atoms with Crippen molar-refractivity contribution in [2.24, 2.45) is 0 Å². The van der Waals surface area contributed by atoms with Gasteiger partial charge in [0.2, 0.25) is 0 Å². The maximum absolute atomic E-state index is 12.7. The topological polar surface area (TPSA) is 55.6 Å². The number of benzene rings is 2. The molecule has 0 unspecified atom stereocenters. The standard InChI is InChI=1S/C22H18ClN3O2/c1-14-6-5-11-26-13-19(24-21(14)26)15-9-10-20(28-2)18(12-15)25-22(27)16-7-3-4-8-17(16)23/h3-13H,1-2H3,(H,25,27). The number of aromatic nitrogens is 2. The van der Waals surface area contributed by atoms with Crippen molar-refractivity contribution < 1.29 is 9.53 Å².